The van der Waals surface area contributed by atoms with Gasteiger partial charge < -0.3 is 14.6 Å². The Morgan fingerprint density at radius 2 is 2.31 bits per heavy atom. The van der Waals surface area contributed by atoms with E-state index in [1.165, 1.54) is 0 Å². The van der Waals surface area contributed by atoms with Crippen LogP contribution >= 0.6 is 0 Å². The molecule has 0 aromatic heterocycles. The minimum atomic E-state index is -0.725. The number of aliphatic carboxylic acids is 1. The first-order valence-corrected chi connectivity index (χ1v) is 5.97. The SMILES string of the molecule is COCC(C)C1(C(=O)O)CCOC1C1CC1. The lowest BCUT2D eigenvalue weighted by molar-refractivity contribution is -0.159. The molecule has 4 heteroatoms. The summed E-state index contributed by atoms with van der Waals surface area (Å²) in [5, 5.41) is 9.57. The van der Waals surface area contributed by atoms with Gasteiger partial charge >= 0.3 is 5.97 Å². The van der Waals surface area contributed by atoms with E-state index in [0.717, 1.165) is 12.8 Å². The topological polar surface area (TPSA) is 55.8 Å². The monoisotopic (exact) mass is 228 g/mol. The van der Waals surface area contributed by atoms with E-state index in [-0.39, 0.29) is 12.0 Å². The predicted molar refractivity (Wildman–Crippen MR) is 58.2 cm³/mol. The standard InChI is InChI=1S/C12H20O4/c1-8(7-15-2)12(11(13)14)5-6-16-10(12)9-3-4-9/h8-10H,3-7H2,1-2H3,(H,13,14). The van der Waals surface area contributed by atoms with Crippen LogP contribution in [0.2, 0.25) is 0 Å². The molecule has 1 heterocycles. The molecule has 1 N–H and O–H groups in total. The average Bonchev–Trinajstić information content (AvgIpc) is 2.97. The predicted octanol–water partition coefficient (Wildman–Crippen LogP) is 1.54. The number of carboxylic acids is 1. The van der Waals surface area contributed by atoms with Crippen LogP contribution in [0.4, 0.5) is 0 Å². The quantitative estimate of drug-likeness (QED) is 0.775. The van der Waals surface area contributed by atoms with E-state index in [0.29, 0.717) is 25.6 Å². The molecule has 2 fully saturated rings. The van der Waals surface area contributed by atoms with E-state index in [1.54, 1.807) is 7.11 Å². The van der Waals surface area contributed by atoms with Crippen LogP contribution in [0.1, 0.15) is 26.2 Å². The van der Waals surface area contributed by atoms with E-state index in [9.17, 15) is 9.90 Å². The van der Waals surface area contributed by atoms with E-state index >= 15 is 0 Å². The molecular formula is C12H20O4. The molecule has 16 heavy (non-hydrogen) atoms. The number of hydrogen-bond acceptors (Lipinski definition) is 3. The summed E-state index contributed by atoms with van der Waals surface area (Å²) in [7, 11) is 1.62. The summed E-state index contributed by atoms with van der Waals surface area (Å²) in [4.78, 5) is 11.6. The van der Waals surface area contributed by atoms with Crippen LogP contribution < -0.4 is 0 Å². The van der Waals surface area contributed by atoms with Crippen molar-refractivity contribution in [2.75, 3.05) is 20.3 Å². The Hall–Kier alpha value is -0.610. The van der Waals surface area contributed by atoms with Crippen LogP contribution in [0.5, 0.6) is 0 Å². The van der Waals surface area contributed by atoms with E-state index in [2.05, 4.69) is 0 Å². The third-order valence-corrected chi connectivity index (χ3v) is 4.07. The van der Waals surface area contributed by atoms with Crippen LogP contribution in [-0.2, 0) is 14.3 Å². The van der Waals surface area contributed by atoms with E-state index in [1.807, 2.05) is 6.92 Å². The lowest BCUT2D eigenvalue weighted by Gasteiger charge is -2.35. The second-order valence-electron chi connectivity index (χ2n) is 5.08. The number of carboxylic acid groups (broad SMARTS) is 1. The summed E-state index contributed by atoms with van der Waals surface area (Å²) < 4.78 is 10.8. The second-order valence-corrected chi connectivity index (χ2v) is 5.08. The largest absolute Gasteiger partial charge is 0.481 e. The van der Waals surface area contributed by atoms with Crippen molar-refractivity contribution in [1.29, 1.82) is 0 Å². The number of rotatable bonds is 5. The van der Waals surface area contributed by atoms with Gasteiger partial charge in [0.15, 0.2) is 0 Å². The van der Waals surface area contributed by atoms with Gasteiger partial charge in [-0.2, -0.15) is 0 Å². The molecule has 4 nitrogen and oxygen atoms in total. The first-order chi connectivity index (χ1) is 7.63. The van der Waals surface area contributed by atoms with Crippen LogP contribution in [0.25, 0.3) is 0 Å². The maximum atomic E-state index is 11.6. The fourth-order valence-electron chi connectivity index (χ4n) is 2.97. The van der Waals surface area contributed by atoms with Crippen molar-refractivity contribution in [3.63, 3.8) is 0 Å². The normalized spacial score (nSPS) is 36.2. The van der Waals surface area contributed by atoms with Gasteiger partial charge in [0.2, 0.25) is 0 Å². The van der Waals surface area contributed by atoms with Gasteiger partial charge in [-0.05, 0) is 31.1 Å². The smallest absolute Gasteiger partial charge is 0.312 e. The van der Waals surface area contributed by atoms with Gasteiger partial charge in [-0.15, -0.1) is 0 Å². The van der Waals surface area contributed by atoms with Gasteiger partial charge in [0.1, 0.15) is 5.41 Å². The van der Waals surface area contributed by atoms with E-state index < -0.39 is 11.4 Å². The summed E-state index contributed by atoms with van der Waals surface area (Å²) in [6.07, 6.45) is 2.74. The molecule has 1 saturated heterocycles. The van der Waals surface area contributed by atoms with Gasteiger partial charge in [0, 0.05) is 20.3 Å². The molecule has 1 aliphatic carbocycles. The zero-order chi connectivity index (χ0) is 11.8. The van der Waals surface area contributed by atoms with Crippen molar-refractivity contribution < 1.29 is 19.4 Å². The summed E-state index contributed by atoms with van der Waals surface area (Å²) >= 11 is 0. The number of methoxy groups -OCH3 is 1. The summed E-state index contributed by atoms with van der Waals surface area (Å²) in [5.74, 6) is -0.257. The number of hydrogen-bond donors (Lipinski definition) is 1. The molecule has 0 aromatic rings. The fraction of sp³-hybridized carbons (Fsp3) is 0.917. The third-order valence-electron chi connectivity index (χ3n) is 4.07. The second kappa shape index (κ2) is 4.34. The molecule has 1 saturated carbocycles. The molecule has 92 valence electrons. The molecule has 3 unspecified atom stereocenters. The van der Waals surface area contributed by atoms with Crippen molar-refractivity contribution in [3.8, 4) is 0 Å². The molecular weight excluding hydrogens is 208 g/mol. The number of ether oxygens (including phenoxy) is 2. The minimum absolute atomic E-state index is 0.00287. The molecule has 0 amide bonds. The highest BCUT2D eigenvalue weighted by Crippen LogP contribution is 2.51. The van der Waals surface area contributed by atoms with E-state index in [4.69, 9.17) is 9.47 Å². The van der Waals surface area contributed by atoms with Gasteiger partial charge in [-0.1, -0.05) is 6.92 Å². The van der Waals surface area contributed by atoms with Crippen LogP contribution in [-0.4, -0.2) is 37.5 Å². The van der Waals surface area contributed by atoms with Crippen molar-refractivity contribution >= 4 is 5.97 Å². The highest BCUT2D eigenvalue weighted by Gasteiger charge is 2.58. The molecule has 0 bridgehead atoms. The molecule has 3 atom stereocenters. The average molecular weight is 228 g/mol. The Morgan fingerprint density at radius 1 is 1.62 bits per heavy atom. The van der Waals surface area contributed by atoms with Gasteiger partial charge in [0.05, 0.1) is 6.10 Å². The summed E-state index contributed by atoms with van der Waals surface area (Å²) in [5.41, 5.74) is -0.725. The summed E-state index contributed by atoms with van der Waals surface area (Å²) in [6.45, 7) is 3.02. The van der Waals surface area contributed by atoms with Gasteiger partial charge in [-0.25, -0.2) is 0 Å². The minimum Gasteiger partial charge on any atom is -0.481 e. The van der Waals surface area contributed by atoms with Gasteiger partial charge in [-0.3, -0.25) is 4.79 Å². The highest BCUT2D eigenvalue weighted by atomic mass is 16.5. The summed E-state index contributed by atoms with van der Waals surface area (Å²) in [6, 6.07) is 0. The molecule has 0 aromatic carbocycles. The zero-order valence-electron chi connectivity index (χ0n) is 9.94. The van der Waals surface area contributed by atoms with Gasteiger partial charge in [0.25, 0.3) is 0 Å². The molecule has 2 rings (SSSR count). The van der Waals surface area contributed by atoms with Crippen molar-refractivity contribution in [1.82, 2.24) is 0 Å². The van der Waals surface area contributed by atoms with Crippen molar-refractivity contribution in [3.05, 3.63) is 0 Å². The van der Waals surface area contributed by atoms with Crippen molar-refractivity contribution in [2.24, 2.45) is 17.3 Å². The molecule has 2 aliphatic rings. The molecule has 0 spiro atoms. The maximum Gasteiger partial charge on any atom is 0.312 e. The Kier molecular flexibility index (Phi) is 3.22. The highest BCUT2D eigenvalue weighted by molar-refractivity contribution is 5.76. The first-order valence-electron chi connectivity index (χ1n) is 5.97. The Balaban J connectivity index is 2.22. The van der Waals surface area contributed by atoms with Crippen LogP contribution in [0.15, 0.2) is 0 Å². The Bertz CT molecular complexity index is 274. The first kappa shape index (κ1) is 11.9. The van der Waals surface area contributed by atoms with Crippen LogP contribution in [0, 0.1) is 17.3 Å². The van der Waals surface area contributed by atoms with Crippen LogP contribution in [0.3, 0.4) is 0 Å². The zero-order valence-corrected chi connectivity index (χ0v) is 9.94. The Morgan fingerprint density at radius 3 is 2.81 bits per heavy atom. The lowest BCUT2D eigenvalue weighted by atomic mass is 9.70. The number of carbonyl (C=O) groups is 1. The third kappa shape index (κ3) is 1.74. The maximum absolute atomic E-state index is 11.6. The molecule has 1 aliphatic heterocycles. The Labute approximate surface area is 95.9 Å². The van der Waals surface area contributed by atoms with Crippen molar-refractivity contribution in [2.45, 2.75) is 32.3 Å². The molecule has 0 radical (unpaired) electrons. The lowest BCUT2D eigenvalue weighted by Crippen LogP contribution is -2.46. The fourth-order valence-corrected chi connectivity index (χ4v) is 2.97.